The van der Waals surface area contributed by atoms with E-state index in [9.17, 15) is 4.79 Å². The van der Waals surface area contributed by atoms with E-state index in [1.165, 1.54) is 11.3 Å². The Morgan fingerprint density at radius 3 is 2.90 bits per heavy atom. The van der Waals surface area contributed by atoms with Gasteiger partial charge in [-0.1, -0.05) is 30.3 Å². The second kappa shape index (κ2) is 9.14. The number of thiazole rings is 1. The largest absolute Gasteiger partial charge is 0.355 e. The Morgan fingerprint density at radius 1 is 1.16 bits per heavy atom. The van der Waals surface area contributed by atoms with Gasteiger partial charge in [0.15, 0.2) is 5.82 Å². The van der Waals surface area contributed by atoms with Crippen LogP contribution in [0.4, 0.5) is 5.82 Å². The van der Waals surface area contributed by atoms with Crippen molar-refractivity contribution >= 4 is 23.1 Å². The normalized spacial score (nSPS) is 18.1. The van der Waals surface area contributed by atoms with Gasteiger partial charge in [0.25, 0.3) is 0 Å². The number of amides is 1. The first-order chi connectivity index (χ1) is 15.3. The molecule has 0 bridgehead atoms. The molecule has 0 unspecified atom stereocenters. The number of nitrogens with zero attached hydrogens (tertiary/aromatic N) is 4. The lowest BCUT2D eigenvalue weighted by Crippen LogP contribution is -2.44. The molecule has 0 saturated carbocycles. The van der Waals surface area contributed by atoms with Gasteiger partial charge in [-0.25, -0.2) is 15.0 Å². The summed E-state index contributed by atoms with van der Waals surface area (Å²) in [7, 11) is 0. The van der Waals surface area contributed by atoms with Crippen molar-refractivity contribution in [1.29, 1.82) is 0 Å². The maximum Gasteiger partial charge on any atom is 0.224 e. The number of aromatic nitrogens is 3. The molecule has 3 heterocycles. The highest BCUT2D eigenvalue weighted by Crippen LogP contribution is 2.33. The van der Waals surface area contributed by atoms with Gasteiger partial charge in [0.05, 0.1) is 17.1 Å². The van der Waals surface area contributed by atoms with Crippen LogP contribution in [-0.4, -0.2) is 40.5 Å². The summed E-state index contributed by atoms with van der Waals surface area (Å²) >= 11 is 1.59. The Hall–Kier alpha value is -2.80. The molecule has 6 nitrogen and oxygen atoms in total. The van der Waals surface area contributed by atoms with Crippen LogP contribution in [0.15, 0.2) is 41.2 Å². The molecule has 2 aliphatic rings. The molecule has 160 valence electrons. The van der Waals surface area contributed by atoms with Crippen molar-refractivity contribution in [3.8, 4) is 11.4 Å². The Balaban J connectivity index is 1.31. The monoisotopic (exact) mass is 433 g/mol. The topological polar surface area (TPSA) is 71.0 Å². The second-order valence-electron chi connectivity index (χ2n) is 8.32. The number of hydrogen-bond acceptors (Lipinski definition) is 6. The zero-order valence-electron chi connectivity index (χ0n) is 17.6. The molecule has 0 spiro atoms. The SMILES string of the molecule is O=C(NCCc1cscn1)[C@H]1CCCN(c2nc(-c3ccccc3)nc3c2CCC3)C1. The minimum atomic E-state index is -0.00335. The first-order valence-corrected chi connectivity index (χ1v) is 12.1. The Morgan fingerprint density at radius 2 is 2.06 bits per heavy atom. The number of rotatable bonds is 6. The van der Waals surface area contributed by atoms with Gasteiger partial charge in [-0.3, -0.25) is 4.79 Å². The summed E-state index contributed by atoms with van der Waals surface area (Å²) in [6.07, 6.45) is 5.89. The van der Waals surface area contributed by atoms with E-state index in [2.05, 4.69) is 27.3 Å². The van der Waals surface area contributed by atoms with Gasteiger partial charge in [-0.05, 0) is 32.1 Å². The van der Waals surface area contributed by atoms with Crippen molar-refractivity contribution in [2.45, 2.75) is 38.5 Å². The minimum absolute atomic E-state index is 0.00335. The molecule has 7 heteroatoms. The third kappa shape index (κ3) is 4.46. The molecule has 1 N–H and O–H groups in total. The molecule has 5 rings (SSSR count). The molecule has 0 radical (unpaired) electrons. The predicted octanol–water partition coefficient (Wildman–Crippen LogP) is 3.66. The standard InChI is InChI=1S/C24H27N5OS/c30-24(25-12-11-19-15-31-16-26-19)18-8-5-13-29(14-18)23-20-9-4-10-21(20)27-22(28-23)17-6-2-1-3-7-17/h1-3,6-7,15-16,18H,4-5,8-14H2,(H,25,30)/t18-/m0/s1. The van der Waals surface area contributed by atoms with Crippen molar-refractivity contribution in [1.82, 2.24) is 20.3 Å². The molecule has 1 atom stereocenters. The Labute approximate surface area is 186 Å². The highest BCUT2D eigenvalue weighted by molar-refractivity contribution is 7.07. The van der Waals surface area contributed by atoms with E-state index in [4.69, 9.17) is 9.97 Å². The lowest BCUT2D eigenvalue weighted by atomic mass is 9.96. The maximum absolute atomic E-state index is 12.8. The first kappa shape index (κ1) is 20.1. The van der Waals surface area contributed by atoms with Gasteiger partial charge in [0.2, 0.25) is 5.91 Å². The summed E-state index contributed by atoms with van der Waals surface area (Å²) in [6.45, 7) is 2.31. The van der Waals surface area contributed by atoms with Crippen LogP contribution < -0.4 is 10.2 Å². The molecular formula is C24H27N5OS. The van der Waals surface area contributed by atoms with Crippen molar-refractivity contribution in [2.75, 3.05) is 24.5 Å². The fourth-order valence-electron chi connectivity index (χ4n) is 4.59. The zero-order valence-corrected chi connectivity index (χ0v) is 18.4. The molecule has 1 aliphatic heterocycles. The smallest absolute Gasteiger partial charge is 0.224 e. The second-order valence-corrected chi connectivity index (χ2v) is 9.04. The van der Waals surface area contributed by atoms with E-state index in [1.807, 2.05) is 29.1 Å². The average Bonchev–Trinajstić information content (AvgIpc) is 3.51. The molecule has 31 heavy (non-hydrogen) atoms. The van der Waals surface area contributed by atoms with Crippen LogP contribution in [0.25, 0.3) is 11.4 Å². The van der Waals surface area contributed by atoms with Gasteiger partial charge < -0.3 is 10.2 Å². The van der Waals surface area contributed by atoms with Crippen molar-refractivity contribution in [3.63, 3.8) is 0 Å². The summed E-state index contributed by atoms with van der Waals surface area (Å²) < 4.78 is 0. The third-order valence-electron chi connectivity index (χ3n) is 6.20. The molecule has 1 saturated heterocycles. The highest BCUT2D eigenvalue weighted by atomic mass is 32.1. The van der Waals surface area contributed by atoms with E-state index in [-0.39, 0.29) is 11.8 Å². The van der Waals surface area contributed by atoms with Crippen LogP contribution in [0.2, 0.25) is 0 Å². The zero-order chi connectivity index (χ0) is 21.0. The van der Waals surface area contributed by atoms with E-state index in [0.717, 1.165) is 74.5 Å². The fraction of sp³-hybridized carbons (Fsp3) is 0.417. The summed E-state index contributed by atoms with van der Waals surface area (Å²) in [5, 5.41) is 5.15. The number of hydrogen-bond donors (Lipinski definition) is 1. The molecule has 1 aromatic carbocycles. The molecule has 3 aromatic rings. The number of benzene rings is 1. The third-order valence-corrected chi connectivity index (χ3v) is 6.83. The molecular weight excluding hydrogens is 406 g/mol. The number of fused-ring (bicyclic) bond motifs is 1. The molecule has 1 amide bonds. The van der Waals surface area contributed by atoms with Crippen molar-refractivity contribution < 1.29 is 4.79 Å². The fourth-order valence-corrected chi connectivity index (χ4v) is 5.19. The summed E-state index contributed by atoms with van der Waals surface area (Å²) in [5.41, 5.74) is 6.38. The number of nitrogens with one attached hydrogen (secondary N) is 1. The average molecular weight is 434 g/mol. The van der Waals surface area contributed by atoms with Gasteiger partial charge in [-0.15, -0.1) is 11.3 Å². The van der Waals surface area contributed by atoms with Gasteiger partial charge >= 0.3 is 0 Å². The van der Waals surface area contributed by atoms with Gasteiger partial charge in [-0.2, -0.15) is 0 Å². The number of carbonyl (C=O) groups excluding carboxylic acids is 1. The van der Waals surface area contributed by atoms with Crippen LogP contribution in [0.3, 0.4) is 0 Å². The predicted molar refractivity (Wildman–Crippen MR) is 123 cm³/mol. The van der Waals surface area contributed by atoms with Crippen LogP contribution in [-0.2, 0) is 24.1 Å². The van der Waals surface area contributed by atoms with Crippen LogP contribution >= 0.6 is 11.3 Å². The lowest BCUT2D eigenvalue weighted by Gasteiger charge is -2.34. The van der Waals surface area contributed by atoms with E-state index < -0.39 is 0 Å². The van der Waals surface area contributed by atoms with E-state index in [0.29, 0.717) is 6.54 Å². The van der Waals surface area contributed by atoms with Crippen molar-refractivity contribution in [3.05, 3.63) is 58.2 Å². The molecule has 1 fully saturated rings. The molecule has 2 aromatic heterocycles. The summed E-state index contributed by atoms with van der Waals surface area (Å²) in [4.78, 5) is 29.3. The van der Waals surface area contributed by atoms with E-state index in [1.54, 1.807) is 11.3 Å². The van der Waals surface area contributed by atoms with E-state index >= 15 is 0 Å². The van der Waals surface area contributed by atoms with Crippen LogP contribution in [0.1, 0.15) is 36.2 Å². The number of carbonyl (C=O) groups is 1. The quantitative estimate of drug-likeness (QED) is 0.642. The minimum Gasteiger partial charge on any atom is -0.355 e. The molecule has 1 aliphatic carbocycles. The Bertz CT molecular complexity index is 1040. The van der Waals surface area contributed by atoms with Crippen LogP contribution in [0, 0.1) is 5.92 Å². The van der Waals surface area contributed by atoms with Gasteiger partial charge in [0.1, 0.15) is 5.82 Å². The Kier molecular flexibility index (Phi) is 5.93. The lowest BCUT2D eigenvalue weighted by molar-refractivity contribution is -0.125. The van der Waals surface area contributed by atoms with Gasteiger partial charge in [0, 0.05) is 48.3 Å². The van der Waals surface area contributed by atoms with Crippen molar-refractivity contribution in [2.24, 2.45) is 5.92 Å². The summed E-state index contributed by atoms with van der Waals surface area (Å²) in [6, 6.07) is 10.2. The highest BCUT2D eigenvalue weighted by Gasteiger charge is 2.30. The number of piperidine rings is 1. The number of anilines is 1. The summed E-state index contributed by atoms with van der Waals surface area (Å²) in [5.74, 6) is 1.98. The number of aryl methyl sites for hydroxylation is 1. The van der Waals surface area contributed by atoms with Crippen LogP contribution in [0.5, 0.6) is 0 Å². The first-order valence-electron chi connectivity index (χ1n) is 11.1. The maximum atomic E-state index is 12.8.